The number of carbonyl (C=O) groups excluding carboxylic acids is 1. The van der Waals surface area contributed by atoms with Crippen LogP contribution in [-0.2, 0) is 6.54 Å². The highest BCUT2D eigenvalue weighted by molar-refractivity contribution is 7.20. The average Bonchev–Trinajstić information content (AvgIpc) is 2.84. The molecule has 0 atom stereocenters. The van der Waals surface area contributed by atoms with E-state index in [-0.39, 0.29) is 5.91 Å². The molecule has 2 heterocycles. The van der Waals surface area contributed by atoms with E-state index in [4.69, 9.17) is 27.6 Å². The maximum absolute atomic E-state index is 12.1. The molecule has 0 aliphatic rings. The molecule has 0 radical (unpaired) electrons. The number of halogens is 2. The van der Waals surface area contributed by atoms with Crippen molar-refractivity contribution in [2.45, 2.75) is 13.5 Å². The second-order valence-electron chi connectivity index (χ2n) is 3.91. The van der Waals surface area contributed by atoms with E-state index in [2.05, 4.69) is 0 Å². The average molecular weight is 304 g/mol. The van der Waals surface area contributed by atoms with Crippen molar-refractivity contribution in [2.24, 2.45) is 0 Å². The first-order valence-corrected chi connectivity index (χ1v) is 6.80. The summed E-state index contributed by atoms with van der Waals surface area (Å²) < 4.78 is 6.34. The topological polar surface area (TPSA) is 33.5 Å². The van der Waals surface area contributed by atoms with Gasteiger partial charge in [0.1, 0.15) is 15.9 Å². The second kappa shape index (κ2) is 5.34. The largest absolute Gasteiger partial charge is 0.464 e. The van der Waals surface area contributed by atoms with Crippen LogP contribution in [0.5, 0.6) is 0 Å². The third-order valence-electron chi connectivity index (χ3n) is 2.42. The van der Waals surface area contributed by atoms with Crippen LogP contribution in [0.3, 0.4) is 0 Å². The molecule has 0 spiro atoms. The molecule has 0 aromatic carbocycles. The lowest BCUT2D eigenvalue weighted by Gasteiger charge is -2.15. The quantitative estimate of drug-likeness (QED) is 0.850. The molecule has 1 amide bonds. The van der Waals surface area contributed by atoms with Crippen LogP contribution < -0.4 is 0 Å². The smallest absolute Gasteiger partial charge is 0.256 e. The number of furan rings is 1. The molecule has 0 unspecified atom stereocenters. The first kappa shape index (κ1) is 13.5. The fourth-order valence-corrected chi connectivity index (χ4v) is 3.02. The number of aryl methyl sites for hydroxylation is 1. The predicted molar refractivity (Wildman–Crippen MR) is 73.6 cm³/mol. The molecule has 0 bridgehead atoms. The molecule has 2 aromatic rings. The van der Waals surface area contributed by atoms with Gasteiger partial charge in [0.05, 0.1) is 16.4 Å². The molecule has 3 nitrogen and oxygen atoms in total. The highest BCUT2D eigenvalue weighted by atomic mass is 35.5. The maximum Gasteiger partial charge on any atom is 0.256 e. The van der Waals surface area contributed by atoms with Crippen molar-refractivity contribution in [2.75, 3.05) is 7.05 Å². The summed E-state index contributed by atoms with van der Waals surface area (Å²) in [6.07, 6.45) is 0. The van der Waals surface area contributed by atoms with Gasteiger partial charge >= 0.3 is 0 Å². The van der Waals surface area contributed by atoms with Gasteiger partial charge in [-0.1, -0.05) is 23.2 Å². The van der Waals surface area contributed by atoms with E-state index in [1.165, 1.54) is 11.3 Å². The Labute approximate surface area is 119 Å². The normalized spacial score (nSPS) is 10.7. The predicted octanol–water partition coefficient (Wildman–Crippen LogP) is 4.23. The minimum Gasteiger partial charge on any atom is -0.464 e. The summed E-state index contributed by atoms with van der Waals surface area (Å²) in [5, 5.41) is 0. The summed E-state index contributed by atoms with van der Waals surface area (Å²) in [7, 11) is 1.70. The third-order valence-corrected chi connectivity index (χ3v) is 3.91. The zero-order valence-electron chi connectivity index (χ0n) is 9.87. The molecule has 0 saturated carbocycles. The van der Waals surface area contributed by atoms with Gasteiger partial charge in [0, 0.05) is 7.05 Å². The summed E-state index contributed by atoms with van der Waals surface area (Å²) in [6, 6.07) is 5.30. The van der Waals surface area contributed by atoms with Gasteiger partial charge in [0.15, 0.2) is 0 Å². The van der Waals surface area contributed by atoms with Crippen LogP contribution in [0.4, 0.5) is 0 Å². The number of hydrogen-bond donors (Lipinski definition) is 0. The molecule has 0 fully saturated rings. The van der Waals surface area contributed by atoms with E-state index >= 15 is 0 Å². The van der Waals surface area contributed by atoms with E-state index in [9.17, 15) is 4.79 Å². The number of carbonyl (C=O) groups is 1. The minimum absolute atomic E-state index is 0.169. The molecule has 0 aliphatic heterocycles. The number of rotatable bonds is 3. The van der Waals surface area contributed by atoms with E-state index < -0.39 is 0 Å². The van der Waals surface area contributed by atoms with Gasteiger partial charge in [-0.25, -0.2) is 0 Å². The monoisotopic (exact) mass is 303 g/mol. The Morgan fingerprint density at radius 1 is 1.44 bits per heavy atom. The number of hydrogen-bond acceptors (Lipinski definition) is 3. The zero-order valence-corrected chi connectivity index (χ0v) is 12.2. The third kappa shape index (κ3) is 2.88. The van der Waals surface area contributed by atoms with Crippen LogP contribution >= 0.6 is 34.5 Å². The standard InChI is InChI=1S/C12H11Cl2NO2S/c1-7-3-4-8(17-7)6-15(2)12(16)9-5-10(13)18-11(9)14/h3-5H,6H2,1-2H3. The van der Waals surface area contributed by atoms with Crippen molar-refractivity contribution < 1.29 is 9.21 Å². The van der Waals surface area contributed by atoms with Gasteiger partial charge in [-0.2, -0.15) is 0 Å². The summed E-state index contributed by atoms with van der Waals surface area (Å²) in [5.41, 5.74) is 0.428. The van der Waals surface area contributed by atoms with Crippen LogP contribution in [0.15, 0.2) is 22.6 Å². The van der Waals surface area contributed by atoms with Gasteiger partial charge in [-0.3, -0.25) is 4.79 Å². The Morgan fingerprint density at radius 3 is 2.67 bits per heavy atom. The molecule has 0 saturated heterocycles. The number of amides is 1. The first-order valence-electron chi connectivity index (χ1n) is 5.23. The van der Waals surface area contributed by atoms with Gasteiger partial charge in [0.25, 0.3) is 5.91 Å². The second-order valence-corrected chi connectivity index (χ2v) is 6.20. The lowest BCUT2D eigenvalue weighted by molar-refractivity contribution is 0.0775. The summed E-state index contributed by atoms with van der Waals surface area (Å²) in [6.45, 7) is 2.26. The van der Waals surface area contributed by atoms with Crippen molar-refractivity contribution in [1.82, 2.24) is 4.90 Å². The van der Waals surface area contributed by atoms with Crippen LogP contribution in [0, 0.1) is 6.92 Å². The van der Waals surface area contributed by atoms with Crippen molar-refractivity contribution >= 4 is 40.4 Å². The molecule has 18 heavy (non-hydrogen) atoms. The van der Waals surface area contributed by atoms with E-state index in [1.54, 1.807) is 18.0 Å². The lowest BCUT2D eigenvalue weighted by Crippen LogP contribution is -2.25. The molecular weight excluding hydrogens is 293 g/mol. The maximum atomic E-state index is 12.1. The van der Waals surface area contributed by atoms with Gasteiger partial charge in [-0.05, 0) is 25.1 Å². The van der Waals surface area contributed by atoms with Gasteiger partial charge < -0.3 is 9.32 Å². The molecular formula is C12H11Cl2NO2S. The van der Waals surface area contributed by atoms with Crippen LogP contribution in [-0.4, -0.2) is 17.9 Å². The van der Waals surface area contributed by atoms with E-state index in [1.807, 2.05) is 19.1 Å². The summed E-state index contributed by atoms with van der Waals surface area (Å²) >= 11 is 13.0. The number of thiophene rings is 1. The van der Waals surface area contributed by atoms with Gasteiger partial charge in [0.2, 0.25) is 0 Å². The molecule has 0 aliphatic carbocycles. The minimum atomic E-state index is -0.169. The Kier molecular flexibility index (Phi) is 4.00. The molecule has 2 aromatic heterocycles. The molecule has 0 N–H and O–H groups in total. The number of nitrogens with zero attached hydrogens (tertiary/aromatic N) is 1. The Hall–Kier alpha value is -0.970. The first-order chi connectivity index (χ1) is 8.47. The van der Waals surface area contributed by atoms with E-state index in [0.717, 1.165) is 11.5 Å². The molecule has 96 valence electrons. The highest BCUT2D eigenvalue weighted by Gasteiger charge is 2.19. The van der Waals surface area contributed by atoms with Crippen LogP contribution in [0.25, 0.3) is 0 Å². The zero-order chi connectivity index (χ0) is 13.3. The molecule has 2 rings (SSSR count). The fourth-order valence-electron chi connectivity index (χ4n) is 1.57. The molecule has 6 heteroatoms. The van der Waals surface area contributed by atoms with Crippen molar-refractivity contribution in [3.63, 3.8) is 0 Å². The van der Waals surface area contributed by atoms with Crippen molar-refractivity contribution in [3.8, 4) is 0 Å². The lowest BCUT2D eigenvalue weighted by atomic mass is 10.3. The SMILES string of the molecule is Cc1ccc(CN(C)C(=O)c2cc(Cl)sc2Cl)o1. The highest BCUT2D eigenvalue weighted by Crippen LogP contribution is 2.32. The van der Waals surface area contributed by atoms with E-state index in [0.29, 0.717) is 20.8 Å². The van der Waals surface area contributed by atoms with Gasteiger partial charge in [-0.15, -0.1) is 11.3 Å². The fraction of sp³-hybridized carbons (Fsp3) is 0.250. The Morgan fingerprint density at radius 2 is 2.17 bits per heavy atom. The van der Waals surface area contributed by atoms with Crippen LogP contribution in [0.2, 0.25) is 8.67 Å². The Bertz CT molecular complexity index is 576. The van der Waals surface area contributed by atoms with Crippen LogP contribution in [0.1, 0.15) is 21.9 Å². The van der Waals surface area contributed by atoms with Crippen molar-refractivity contribution in [3.05, 3.63) is 44.0 Å². The summed E-state index contributed by atoms with van der Waals surface area (Å²) in [5.74, 6) is 1.39. The summed E-state index contributed by atoms with van der Waals surface area (Å²) in [4.78, 5) is 13.7. The van der Waals surface area contributed by atoms with Crippen molar-refractivity contribution in [1.29, 1.82) is 0 Å². The Balaban J connectivity index is 2.11.